The number of hydrogen-bond donors (Lipinski definition) is 1. The van der Waals surface area contributed by atoms with E-state index < -0.39 is 0 Å². The maximum atomic E-state index is 13.8. The summed E-state index contributed by atoms with van der Waals surface area (Å²) >= 11 is 1.52. The predicted octanol–water partition coefficient (Wildman–Crippen LogP) is 5.00. The van der Waals surface area contributed by atoms with E-state index in [0.29, 0.717) is 11.6 Å². The third kappa shape index (κ3) is 5.04. The van der Waals surface area contributed by atoms with Gasteiger partial charge >= 0.3 is 0 Å². The molecule has 2 aliphatic rings. The van der Waals surface area contributed by atoms with Gasteiger partial charge in [0.25, 0.3) is 0 Å². The number of methoxy groups -OCH3 is 2. The fourth-order valence-corrected chi connectivity index (χ4v) is 6.23. The molecule has 1 saturated carbocycles. The van der Waals surface area contributed by atoms with Gasteiger partial charge in [-0.3, -0.25) is 14.5 Å². The Hall–Kier alpha value is -4.24. The van der Waals surface area contributed by atoms with E-state index in [9.17, 15) is 9.59 Å². The van der Waals surface area contributed by atoms with E-state index in [1.54, 1.807) is 23.8 Å². The smallest absolute Gasteiger partial charge is 0.240 e. The summed E-state index contributed by atoms with van der Waals surface area (Å²) in [6.07, 6.45) is 1.94. The molecule has 0 bridgehead atoms. The van der Waals surface area contributed by atoms with Crippen LogP contribution in [0.15, 0.2) is 78.9 Å². The van der Waals surface area contributed by atoms with Crippen LogP contribution in [0, 0.1) is 0 Å². The van der Waals surface area contributed by atoms with Crippen molar-refractivity contribution in [3.05, 3.63) is 90.0 Å². The van der Waals surface area contributed by atoms with Gasteiger partial charge < -0.3 is 14.8 Å². The molecular formula is C31H30N4O4S. The number of nitrogens with one attached hydrogen (secondary N) is 1. The zero-order chi connectivity index (χ0) is 27.6. The standard InChI is InChI=1S/C31H30N4O4S/c1-38-23-16-14-22(15-17-23)35-31-28(29(33-35)20-8-4-3-5-9-20)30(24-10-6-7-11-25(24)39-2)40-19-27(37)34(31)18-26(36)32-21-12-13-21/h3-11,14-17,21,30H,12-13,18-19H2,1-2H3,(H,32,36)/t30-/m1/s1. The number of para-hydroxylation sites is 1. The summed E-state index contributed by atoms with van der Waals surface area (Å²) in [4.78, 5) is 28.5. The van der Waals surface area contributed by atoms with Crippen molar-refractivity contribution in [2.75, 3.05) is 31.4 Å². The molecule has 4 aromatic rings. The van der Waals surface area contributed by atoms with Crippen LogP contribution in [0.4, 0.5) is 5.82 Å². The first-order valence-electron chi connectivity index (χ1n) is 13.2. The van der Waals surface area contributed by atoms with Gasteiger partial charge in [-0.2, -0.15) is 5.10 Å². The molecule has 1 aromatic heterocycles. The summed E-state index contributed by atoms with van der Waals surface area (Å²) in [6.45, 7) is -0.0857. The molecule has 1 aliphatic carbocycles. The van der Waals surface area contributed by atoms with Gasteiger partial charge in [-0.05, 0) is 43.2 Å². The lowest BCUT2D eigenvalue weighted by atomic mass is 9.99. The molecule has 2 heterocycles. The predicted molar refractivity (Wildman–Crippen MR) is 156 cm³/mol. The SMILES string of the molecule is COc1ccc(-n2nc(-c3ccccc3)c3c2N(CC(=O)NC2CC2)C(=O)CS[C@@H]3c2ccccc2OC)cc1. The second-order valence-electron chi connectivity index (χ2n) is 9.82. The lowest BCUT2D eigenvalue weighted by molar-refractivity contribution is -0.123. The van der Waals surface area contributed by atoms with Crippen LogP contribution in [0.25, 0.3) is 16.9 Å². The van der Waals surface area contributed by atoms with Gasteiger partial charge in [0.15, 0.2) is 0 Å². The number of carbonyl (C=O) groups is 2. The molecule has 40 heavy (non-hydrogen) atoms. The highest BCUT2D eigenvalue weighted by molar-refractivity contribution is 8.00. The Morgan fingerprint density at radius 1 is 0.975 bits per heavy atom. The molecule has 0 unspecified atom stereocenters. The molecule has 8 nitrogen and oxygen atoms in total. The third-order valence-electron chi connectivity index (χ3n) is 7.12. The van der Waals surface area contributed by atoms with Crippen molar-refractivity contribution in [2.45, 2.75) is 24.1 Å². The normalized spacial score (nSPS) is 16.7. The van der Waals surface area contributed by atoms with Crippen molar-refractivity contribution >= 4 is 29.4 Å². The number of ether oxygens (including phenoxy) is 2. The van der Waals surface area contributed by atoms with E-state index in [-0.39, 0.29) is 35.4 Å². The Morgan fingerprint density at radius 3 is 2.40 bits per heavy atom. The highest BCUT2D eigenvalue weighted by Gasteiger charge is 2.39. The minimum atomic E-state index is -0.270. The van der Waals surface area contributed by atoms with Gasteiger partial charge in [-0.15, -0.1) is 11.8 Å². The Bertz CT molecular complexity index is 1530. The van der Waals surface area contributed by atoms with Crippen LogP contribution in [-0.2, 0) is 9.59 Å². The number of thioether (sulfide) groups is 1. The van der Waals surface area contributed by atoms with E-state index in [0.717, 1.165) is 46.7 Å². The number of benzene rings is 3. The fourth-order valence-electron chi connectivity index (χ4n) is 5.01. The van der Waals surface area contributed by atoms with Gasteiger partial charge in [-0.1, -0.05) is 48.5 Å². The van der Waals surface area contributed by atoms with Crippen LogP contribution in [0.3, 0.4) is 0 Å². The van der Waals surface area contributed by atoms with Crippen molar-refractivity contribution in [3.63, 3.8) is 0 Å². The summed E-state index contributed by atoms with van der Waals surface area (Å²) in [6, 6.07) is 25.5. The second kappa shape index (κ2) is 11.1. The van der Waals surface area contributed by atoms with Crippen LogP contribution in [0.1, 0.15) is 29.2 Å². The highest BCUT2D eigenvalue weighted by atomic mass is 32.2. The van der Waals surface area contributed by atoms with Gasteiger partial charge in [0.2, 0.25) is 11.8 Å². The summed E-state index contributed by atoms with van der Waals surface area (Å²) in [7, 11) is 3.27. The molecule has 204 valence electrons. The third-order valence-corrected chi connectivity index (χ3v) is 8.36. The number of fused-ring (bicyclic) bond motifs is 1. The maximum Gasteiger partial charge on any atom is 0.240 e. The molecule has 1 N–H and O–H groups in total. The number of aromatic nitrogens is 2. The molecule has 6 rings (SSSR count). The van der Waals surface area contributed by atoms with Crippen molar-refractivity contribution in [1.29, 1.82) is 0 Å². The quantitative estimate of drug-likeness (QED) is 0.330. The minimum Gasteiger partial charge on any atom is -0.497 e. The van der Waals surface area contributed by atoms with Crippen LogP contribution in [0.2, 0.25) is 0 Å². The molecule has 1 aliphatic heterocycles. The minimum absolute atomic E-state index is 0.0857. The Morgan fingerprint density at radius 2 is 1.70 bits per heavy atom. The number of anilines is 1. The summed E-state index contributed by atoms with van der Waals surface area (Å²) in [5.74, 6) is 1.90. The van der Waals surface area contributed by atoms with Gasteiger partial charge in [-0.25, -0.2) is 4.68 Å². The maximum absolute atomic E-state index is 13.8. The number of nitrogens with zero attached hydrogens (tertiary/aromatic N) is 3. The molecule has 1 fully saturated rings. The summed E-state index contributed by atoms with van der Waals surface area (Å²) in [5.41, 5.74) is 4.23. The van der Waals surface area contributed by atoms with Gasteiger partial charge in [0, 0.05) is 22.7 Å². The molecule has 3 aromatic carbocycles. The average Bonchev–Trinajstić information content (AvgIpc) is 3.75. The molecule has 0 radical (unpaired) electrons. The van der Waals surface area contributed by atoms with Crippen molar-refractivity contribution in [2.24, 2.45) is 0 Å². The number of amides is 2. The van der Waals surface area contributed by atoms with Crippen LogP contribution in [0.5, 0.6) is 11.5 Å². The topological polar surface area (TPSA) is 85.7 Å². The van der Waals surface area contributed by atoms with E-state index in [2.05, 4.69) is 5.32 Å². The van der Waals surface area contributed by atoms with E-state index >= 15 is 0 Å². The summed E-state index contributed by atoms with van der Waals surface area (Å²) < 4.78 is 12.9. The monoisotopic (exact) mass is 554 g/mol. The lowest BCUT2D eigenvalue weighted by Crippen LogP contribution is -2.43. The lowest BCUT2D eigenvalue weighted by Gasteiger charge is -2.23. The molecule has 0 saturated heterocycles. The van der Waals surface area contributed by atoms with Crippen molar-refractivity contribution in [3.8, 4) is 28.4 Å². The fraction of sp³-hybridized carbons (Fsp3) is 0.258. The Kier molecular flexibility index (Phi) is 7.21. The first-order chi connectivity index (χ1) is 19.6. The second-order valence-corrected chi connectivity index (χ2v) is 10.9. The Labute approximate surface area is 237 Å². The summed E-state index contributed by atoms with van der Waals surface area (Å²) in [5, 5.41) is 7.89. The molecule has 2 amide bonds. The first kappa shape index (κ1) is 26.0. The van der Waals surface area contributed by atoms with E-state index in [1.165, 1.54) is 11.8 Å². The first-order valence-corrected chi connectivity index (χ1v) is 14.3. The highest BCUT2D eigenvalue weighted by Crippen LogP contribution is 2.50. The molecular weight excluding hydrogens is 524 g/mol. The van der Waals surface area contributed by atoms with Gasteiger partial charge in [0.1, 0.15) is 23.9 Å². The number of carbonyl (C=O) groups excluding carboxylic acids is 2. The van der Waals surface area contributed by atoms with Crippen molar-refractivity contribution in [1.82, 2.24) is 15.1 Å². The van der Waals surface area contributed by atoms with Crippen LogP contribution < -0.4 is 19.7 Å². The largest absolute Gasteiger partial charge is 0.497 e. The zero-order valence-electron chi connectivity index (χ0n) is 22.4. The van der Waals surface area contributed by atoms with Crippen molar-refractivity contribution < 1.29 is 19.1 Å². The van der Waals surface area contributed by atoms with E-state index in [4.69, 9.17) is 14.6 Å². The Balaban J connectivity index is 1.61. The molecule has 1 atom stereocenters. The van der Waals surface area contributed by atoms with Crippen LogP contribution in [-0.4, -0.2) is 54.2 Å². The number of hydrogen-bond acceptors (Lipinski definition) is 6. The van der Waals surface area contributed by atoms with Gasteiger partial charge in [0.05, 0.1) is 36.6 Å². The number of rotatable bonds is 8. The molecule has 0 spiro atoms. The van der Waals surface area contributed by atoms with E-state index in [1.807, 2.05) is 78.9 Å². The molecule has 9 heteroatoms. The van der Waals surface area contributed by atoms with Crippen LogP contribution >= 0.6 is 11.8 Å². The average molecular weight is 555 g/mol. The zero-order valence-corrected chi connectivity index (χ0v) is 23.2.